The van der Waals surface area contributed by atoms with Crippen molar-refractivity contribution in [2.24, 2.45) is 0 Å². The Morgan fingerprint density at radius 1 is 1.18 bits per heavy atom. The number of rotatable bonds is 3. The molecule has 0 fully saturated rings. The summed E-state index contributed by atoms with van der Waals surface area (Å²) in [6.07, 6.45) is 2.96. The standard InChI is InChI=1S/C15H11F3N2O2/c16-15(17,18)22-12-4-2-11(3-5-12)13-8-20-7-10(9-21)1-6-14(20)19-13/h1-9,14,19H. The summed E-state index contributed by atoms with van der Waals surface area (Å²) < 4.78 is 40.2. The molecule has 0 saturated carbocycles. The third-order valence-electron chi connectivity index (χ3n) is 3.21. The number of fused-ring (bicyclic) bond motifs is 1. The van der Waals surface area contributed by atoms with Gasteiger partial charge in [-0.2, -0.15) is 0 Å². The zero-order valence-electron chi connectivity index (χ0n) is 11.2. The molecule has 1 unspecified atom stereocenters. The van der Waals surface area contributed by atoms with Crippen molar-refractivity contribution in [3.05, 3.63) is 60.0 Å². The smallest absolute Gasteiger partial charge is 0.406 e. The van der Waals surface area contributed by atoms with Gasteiger partial charge in [0.05, 0.1) is 5.70 Å². The monoisotopic (exact) mass is 308 g/mol. The van der Waals surface area contributed by atoms with Crippen LogP contribution in [0.3, 0.4) is 0 Å². The molecule has 0 aliphatic carbocycles. The van der Waals surface area contributed by atoms with Gasteiger partial charge in [-0.25, -0.2) is 0 Å². The fraction of sp³-hybridized carbons (Fsp3) is 0.133. The quantitative estimate of drug-likeness (QED) is 0.872. The Bertz CT molecular complexity index is 675. The molecular formula is C15H11F3N2O2. The van der Waals surface area contributed by atoms with Crippen LogP contribution in [-0.4, -0.2) is 23.7 Å². The highest BCUT2D eigenvalue weighted by molar-refractivity contribution is 5.78. The average molecular weight is 308 g/mol. The van der Waals surface area contributed by atoms with E-state index < -0.39 is 6.36 Å². The second-order valence-electron chi connectivity index (χ2n) is 4.76. The Kier molecular flexibility index (Phi) is 3.40. The largest absolute Gasteiger partial charge is 0.573 e. The molecular weight excluding hydrogens is 297 g/mol. The first kappa shape index (κ1) is 14.2. The number of hydrogen-bond donors (Lipinski definition) is 1. The van der Waals surface area contributed by atoms with Gasteiger partial charge in [0.15, 0.2) is 6.29 Å². The molecule has 0 spiro atoms. The lowest BCUT2D eigenvalue weighted by molar-refractivity contribution is -0.274. The van der Waals surface area contributed by atoms with Crippen molar-refractivity contribution in [1.29, 1.82) is 0 Å². The molecule has 1 aromatic carbocycles. The van der Waals surface area contributed by atoms with Gasteiger partial charge >= 0.3 is 6.36 Å². The van der Waals surface area contributed by atoms with E-state index in [0.717, 1.165) is 17.5 Å². The molecule has 0 radical (unpaired) electrons. The molecule has 3 rings (SSSR count). The minimum atomic E-state index is -4.70. The fourth-order valence-electron chi connectivity index (χ4n) is 2.25. The Morgan fingerprint density at radius 2 is 1.91 bits per heavy atom. The summed E-state index contributed by atoms with van der Waals surface area (Å²) >= 11 is 0. The van der Waals surface area contributed by atoms with E-state index in [1.165, 1.54) is 24.3 Å². The number of halogens is 3. The van der Waals surface area contributed by atoms with Crippen LogP contribution >= 0.6 is 0 Å². The topological polar surface area (TPSA) is 41.6 Å². The van der Waals surface area contributed by atoms with Gasteiger partial charge in [0, 0.05) is 18.0 Å². The molecule has 2 aliphatic rings. The van der Waals surface area contributed by atoms with Gasteiger partial charge in [-0.1, -0.05) is 6.08 Å². The molecule has 1 aromatic rings. The molecule has 1 N–H and O–H groups in total. The summed E-state index contributed by atoms with van der Waals surface area (Å²) in [4.78, 5) is 12.6. The summed E-state index contributed by atoms with van der Waals surface area (Å²) in [6, 6.07) is 5.58. The predicted octanol–water partition coefficient (Wildman–Crippen LogP) is 2.77. The molecule has 2 heterocycles. The summed E-state index contributed by atoms with van der Waals surface area (Å²) in [7, 11) is 0. The number of carbonyl (C=O) groups excluding carboxylic acids is 1. The number of carbonyl (C=O) groups is 1. The Labute approximate surface area is 124 Å². The normalized spacial score (nSPS) is 20.0. The number of benzene rings is 1. The zero-order chi connectivity index (χ0) is 15.7. The minimum Gasteiger partial charge on any atom is -0.406 e. The molecule has 0 amide bonds. The lowest BCUT2D eigenvalue weighted by atomic mass is 10.1. The van der Waals surface area contributed by atoms with E-state index in [-0.39, 0.29) is 11.9 Å². The summed E-state index contributed by atoms with van der Waals surface area (Å²) in [5, 5.41) is 3.20. The van der Waals surface area contributed by atoms with Crippen LogP contribution in [0.15, 0.2) is 54.4 Å². The van der Waals surface area contributed by atoms with E-state index in [0.29, 0.717) is 5.57 Å². The number of allylic oxidation sites excluding steroid dienone is 2. The van der Waals surface area contributed by atoms with E-state index in [2.05, 4.69) is 10.1 Å². The molecule has 2 aliphatic heterocycles. The van der Waals surface area contributed by atoms with Crippen LogP contribution < -0.4 is 10.1 Å². The predicted molar refractivity (Wildman–Crippen MR) is 73.2 cm³/mol. The van der Waals surface area contributed by atoms with E-state index in [4.69, 9.17) is 0 Å². The lowest BCUT2D eigenvalue weighted by Gasteiger charge is -2.22. The molecule has 7 heteroatoms. The van der Waals surface area contributed by atoms with Crippen LogP contribution in [0.1, 0.15) is 5.56 Å². The second kappa shape index (κ2) is 5.25. The van der Waals surface area contributed by atoms with Crippen molar-refractivity contribution in [2.75, 3.05) is 0 Å². The Morgan fingerprint density at radius 3 is 2.55 bits per heavy atom. The Hall–Kier alpha value is -2.70. The van der Waals surface area contributed by atoms with Crippen molar-refractivity contribution >= 4 is 12.0 Å². The third-order valence-corrected chi connectivity index (χ3v) is 3.21. The number of aldehydes is 1. The molecule has 114 valence electrons. The molecule has 0 bridgehead atoms. The summed E-state index contributed by atoms with van der Waals surface area (Å²) in [5.74, 6) is -0.268. The van der Waals surface area contributed by atoms with Crippen LogP contribution in [0.5, 0.6) is 5.75 Å². The van der Waals surface area contributed by atoms with Gasteiger partial charge < -0.3 is 15.0 Å². The van der Waals surface area contributed by atoms with Crippen LogP contribution in [0.25, 0.3) is 5.70 Å². The van der Waals surface area contributed by atoms with E-state index in [9.17, 15) is 18.0 Å². The minimum absolute atomic E-state index is 0.107. The molecule has 22 heavy (non-hydrogen) atoms. The molecule has 0 saturated heterocycles. The number of ether oxygens (including phenoxy) is 1. The van der Waals surface area contributed by atoms with Crippen LogP contribution in [-0.2, 0) is 4.79 Å². The summed E-state index contributed by atoms with van der Waals surface area (Å²) in [6.45, 7) is 0. The van der Waals surface area contributed by atoms with E-state index in [1.54, 1.807) is 18.5 Å². The second-order valence-corrected chi connectivity index (χ2v) is 4.76. The lowest BCUT2D eigenvalue weighted by Crippen LogP contribution is -2.32. The third kappa shape index (κ3) is 2.98. The first-order chi connectivity index (χ1) is 10.4. The number of alkyl halides is 3. The maximum absolute atomic E-state index is 12.1. The highest BCUT2D eigenvalue weighted by Gasteiger charge is 2.31. The average Bonchev–Trinajstić information content (AvgIpc) is 2.89. The number of nitrogens with one attached hydrogen (secondary N) is 1. The maximum atomic E-state index is 12.1. The van der Waals surface area contributed by atoms with Gasteiger partial charge in [-0.3, -0.25) is 4.79 Å². The number of nitrogens with zero attached hydrogens (tertiary/aromatic N) is 1. The van der Waals surface area contributed by atoms with Crippen LogP contribution in [0, 0.1) is 0 Å². The van der Waals surface area contributed by atoms with E-state index in [1.807, 2.05) is 11.0 Å². The SMILES string of the molecule is O=CC1=CN2C=C(c3ccc(OC(F)(F)F)cc3)NC2C=C1. The van der Waals surface area contributed by atoms with Crippen LogP contribution in [0.2, 0.25) is 0 Å². The van der Waals surface area contributed by atoms with Crippen molar-refractivity contribution in [2.45, 2.75) is 12.5 Å². The van der Waals surface area contributed by atoms with E-state index >= 15 is 0 Å². The first-order valence-corrected chi connectivity index (χ1v) is 6.42. The fourth-order valence-corrected chi connectivity index (χ4v) is 2.25. The van der Waals surface area contributed by atoms with Gasteiger partial charge in [0.2, 0.25) is 0 Å². The van der Waals surface area contributed by atoms with Gasteiger partial charge in [-0.15, -0.1) is 13.2 Å². The van der Waals surface area contributed by atoms with Gasteiger partial charge in [0.1, 0.15) is 11.9 Å². The van der Waals surface area contributed by atoms with Crippen molar-refractivity contribution in [3.63, 3.8) is 0 Å². The van der Waals surface area contributed by atoms with Gasteiger partial charge in [-0.05, 0) is 35.9 Å². The highest BCUT2D eigenvalue weighted by Crippen LogP contribution is 2.27. The first-order valence-electron chi connectivity index (χ1n) is 6.42. The Balaban J connectivity index is 1.77. The van der Waals surface area contributed by atoms with Gasteiger partial charge in [0.25, 0.3) is 0 Å². The molecule has 1 atom stereocenters. The highest BCUT2D eigenvalue weighted by atomic mass is 19.4. The molecule has 4 nitrogen and oxygen atoms in total. The maximum Gasteiger partial charge on any atom is 0.573 e. The zero-order valence-corrected chi connectivity index (χ0v) is 11.2. The van der Waals surface area contributed by atoms with Crippen LogP contribution in [0.4, 0.5) is 13.2 Å². The number of hydrogen-bond acceptors (Lipinski definition) is 4. The van der Waals surface area contributed by atoms with Crippen molar-refractivity contribution in [1.82, 2.24) is 10.2 Å². The van der Waals surface area contributed by atoms with Crippen molar-refractivity contribution < 1.29 is 22.7 Å². The molecule has 0 aromatic heterocycles. The van der Waals surface area contributed by atoms with Crippen molar-refractivity contribution in [3.8, 4) is 5.75 Å². The summed E-state index contributed by atoms with van der Waals surface area (Å²) in [5.41, 5.74) is 2.01.